The van der Waals surface area contributed by atoms with Crippen LogP contribution in [0.4, 0.5) is 5.69 Å². The first kappa shape index (κ1) is 12.7. The predicted octanol–water partition coefficient (Wildman–Crippen LogP) is -0.824. The second kappa shape index (κ2) is 6.24. The van der Waals surface area contributed by atoms with Gasteiger partial charge in [0, 0.05) is 25.7 Å². The number of rotatable bonds is 6. The highest BCUT2D eigenvalue weighted by Gasteiger charge is 2.00. The first-order valence-electron chi connectivity index (χ1n) is 5.29. The van der Waals surface area contributed by atoms with Crippen LogP contribution >= 0.6 is 0 Å². The highest BCUT2D eigenvalue weighted by molar-refractivity contribution is 5.38. The minimum atomic E-state index is -0.0936. The Hall–Kier alpha value is -1.40. The lowest BCUT2D eigenvalue weighted by molar-refractivity contribution is 0.367. The Morgan fingerprint density at radius 2 is 2.31 bits per heavy atom. The molecule has 0 fully saturated rings. The molecule has 1 aromatic heterocycles. The summed E-state index contributed by atoms with van der Waals surface area (Å²) in [7, 11) is 3.92. The topological polar surface area (TPSA) is 76.2 Å². The zero-order valence-corrected chi connectivity index (χ0v) is 9.81. The molecule has 0 atom stereocenters. The Morgan fingerprint density at radius 3 is 2.88 bits per heavy atom. The van der Waals surface area contributed by atoms with E-state index in [1.54, 1.807) is 12.3 Å². The minimum Gasteiger partial charge on any atom is -0.382 e. The average molecular weight is 225 g/mol. The number of likely N-dealkylation sites (N-methyl/N-ethyl adjacent to an activating group) is 1. The Morgan fingerprint density at radius 1 is 1.56 bits per heavy atom. The molecular weight excluding hydrogens is 206 g/mol. The number of nitrogens with one attached hydrogen (secondary N) is 1. The molecule has 0 radical (unpaired) electrons. The zero-order valence-electron chi connectivity index (χ0n) is 9.81. The number of nitrogens with two attached hydrogens (primary N) is 1. The number of anilines is 1. The molecule has 1 aromatic rings. The predicted molar refractivity (Wildman–Crippen MR) is 64.6 cm³/mol. The van der Waals surface area contributed by atoms with Crippen molar-refractivity contribution >= 4 is 5.69 Å². The average Bonchev–Trinajstić information content (AvgIpc) is 2.24. The third-order valence-corrected chi connectivity index (χ3v) is 2.10. The second-order valence-corrected chi connectivity index (χ2v) is 3.82. The van der Waals surface area contributed by atoms with E-state index in [4.69, 9.17) is 5.73 Å². The summed E-state index contributed by atoms with van der Waals surface area (Å²) < 4.78 is 1.45. The van der Waals surface area contributed by atoms with Crippen LogP contribution in [-0.2, 0) is 6.54 Å². The number of hydrogen-bond donors (Lipinski definition) is 2. The lowest BCUT2D eigenvalue weighted by atomic mass is 10.4. The highest BCUT2D eigenvalue weighted by atomic mass is 16.1. The summed E-state index contributed by atoms with van der Waals surface area (Å²) >= 11 is 0. The fraction of sp³-hybridized carbons (Fsp3) is 0.600. The lowest BCUT2D eigenvalue weighted by Gasteiger charge is -2.10. The maximum absolute atomic E-state index is 11.6. The van der Waals surface area contributed by atoms with Crippen molar-refractivity contribution in [2.24, 2.45) is 5.73 Å². The molecule has 0 aliphatic carbocycles. The summed E-state index contributed by atoms with van der Waals surface area (Å²) in [6, 6.07) is 1.54. The molecule has 6 heteroatoms. The molecule has 0 saturated heterocycles. The molecule has 0 bridgehead atoms. The molecule has 0 aliphatic rings. The third-order valence-electron chi connectivity index (χ3n) is 2.10. The van der Waals surface area contributed by atoms with Crippen molar-refractivity contribution < 1.29 is 0 Å². The second-order valence-electron chi connectivity index (χ2n) is 3.82. The first-order valence-corrected chi connectivity index (χ1v) is 5.29. The van der Waals surface area contributed by atoms with E-state index in [1.165, 1.54) is 4.68 Å². The lowest BCUT2D eigenvalue weighted by Crippen LogP contribution is -2.28. The van der Waals surface area contributed by atoms with E-state index in [1.807, 2.05) is 19.0 Å². The van der Waals surface area contributed by atoms with E-state index < -0.39 is 0 Å². The third kappa shape index (κ3) is 4.00. The van der Waals surface area contributed by atoms with Gasteiger partial charge in [0.25, 0.3) is 5.56 Å². The van der Waals surface area contributed by atoms with Crippen molar-refractivity contribution in [3.8, 4) is 0 Å². The van der Waals surface area contributed by atoms with E-state index in [-0.39, 0.29) is 5.56 Å². The van der Waals surface area contributed by atoms with E-state index >= 15 is 0 Å². The molecule has 0 spiro atoms. The normalized spacial score (nSPS) is 10.8. The van der Waals surface area contributed by atoms with Crippen LogP contribution in [0.5, 0.6) is 0 Å². The Kier molecular flexibility index (Phi) is 4.94. The van der Waals surface area contributed by atoms with Crippen LogP contribution in [0, 0.1) is 0 Å². The summed E-state index contributed by atoms with van der Waals surface area (Å²) in [5.41, 5.74) is 5.98. The van der Waals surface area contributed by atoms with Crippen molar-refractivity contribution in [1.29, 1.82) is 0 Å². The standard InChI is InChI=1S/C10H19N5O/c1-14(2)5-6-15-10(16)7-9(8-13-15)12-4-3-11/h7-8,12H,3-6,11H2,1-2H3. The summed E-state index contributed by atoms with van der Waals surface area (Å²) in [4.78, 5) is 13.6. The van der Waals surface area contributed by atoms with Gasteiger partial charge in [0.1, 0.15) is 0 Å². The fourth-order valence-electron chi connectivity index (χ4n) is 1.21. The summed E-state index contributed by atoms with van der Waals surface area (Å²) in [5.74, 6) is 0. The van der Waals surface area contributed by atoms with Crippen LogP contribution in [-0.4, -0.2) is 48.4 Å². The van der Waals surface area contributed by atoms with Crippen molar-refractivity contribution in [2.45, 2.75) is 6.54 Å². The van der Waals surface area contributed by atoms with Gasteiger partial charge in [0.15, 0.2) is 0 Å². The Bertz CT molecular complexity index is 374. The molecule has 0 saturated carbocycles. The van der Waals surface area contributed by atoms with Gasteiger partial charge in [-0.1, -0.05) is 0 Å². The molecular formula is C10H19N5O. The molecule has 3 N–H and O–H groups in total. The molecule has 90 valence electrons. The van der Waals surface area contributed by atoms with Gasteiger partial charge >= 0.3 is 0 Å². The van der Waals surface area contributed by atoms with E-state index in [0.29, 0.717) is 19.6 Å². The van der Waals surface area contributed by atoms with Gasteiger partial charge in [0.2, 0.25) is 0 Å². The largest absolute Gasteiger partial charge is 0.382 e. The van der Waals surface area contributed by atoms with Crippen molar-refractivity contribution in [2.75, 3.05) is 39.0 Å². The van der Waals surface area contributed by atoms with Crippen LogP contribution in [0.25, 0.3) is 0 Å². The molecule has 0 aromatic carbocycles. The Balaban J connectivity index is 2.64. The molecule has 0 aliphatic heterocycles. The van der Waals surface area contributed by atoms with Gasteiger partial charge in [-0.3, -0.25) is 4.79 Å². The molecule has 6 nitrogen and oxygen atoms in total. The molecule has 1 heterocycles. The van der Waals surface area contributed by atoms with E-state index in [0.717, 1.165) is 12.2 Å². The monoisotopic (exact) mass is 225 g/mol. The van der Waals surface area contributed by atoms with Gasteiger partial charge in [-0.15, -0.1) is 0 Å². The smallest absolute Gasteiger partial charge is 0.268 e. The maximum atomic E-state index is 11.6. The van der Waals surface area contributed by atoms with Gasteiger partial charge in [-0.25, -0.2) is 4.68 Å². The van der Waals surface area contributed by atoms with Gasteiger partial charge < -0.3 is 16.0 Å². The summed E-state index contributed by atoms with van der Waals surface area (Å²) in [6.07, 6.45) is 1.65. The zero-order chi connectivity index (χ0) is 12.0. The molecule has 0 amide bonds. The number of hydrogen-bond acceptors (Lipinski definition) is 5. The van der Waals surface area contributed by atoms with Crippen molar-refractivity contribution in [3.63, 3.8) is 0 Å². The summed E-state index contributed by atoms with van der Waals surface area (Å²) in [5, 5.41) is 7.09. The Labute approximate surface area is 95.0 Å². The van der Waals surface area contributed by atoms with E-state index in [2.05, 4.69) is 10.4 Å². The molecule has 0 unspecified atom stereocenters. The van der Waals surface area contributed by atoms with Crippen LogP contribution in [0.3, 0.4) is 0 Å². The van der Waals surface area contributed by atoms with Crippen LogP contribution in [0.2, 0.25) is 0 Å². The van der Waals surface area contributed by atoms with E-state index in [9.17, 15) is 4.79 Å². The van der Waals surface area contributed by atoms with Crippen molar-refractivity contribution in [3.05, 3.63) is 22.6 Å². The molecule has 1 rings (SSSR count). The number of nitrogens with zero attached hydrogens (tertiary/aromatic N) is 3. The first-order chi connectivity index (χ1) is 7.63. The van der Waals surface area contributed by atoms with Crippen LogP contribution in [0.15, 0.2) is 17.1 Å². The van der Waals surface area contributed by atoms with Crippen LogP contribution in [0.1, 0.15) is 0 Å². The van der Waals surface area contributed by atoms with Gasteiger partial charge in [-0.05, 0) is 14.1 Å². The van der Waals surface area contributed by atoms with Crippen LogP contribution < -0.4 is 16.6 Å². The van der Waals surface area contributed by atoms with Crippen molar-refractivity contribution in [1.82, 2.24) is 14.7 Å². The SMILES string of the molecule is CN(C)CCn1ncc(NCCN)cc1=O. The van der Waals surface area contributed by atoms with Gasteiger partial charge in [-0.2, -0.15) is 5.10 Å². The maximum Gasteiger partial charge on any atom is 0.268 e. The van der Waals surface area contributed by atoms with Gasteiger partial charge in [0.05, 0.1) is 18.4 Å². The summed E-state index contributed by atoms with van der Waals surface area (Å²) in [6.45, 7) is 2.57. The number of aromatic nitrogens is 2. The fourth-order valence-corrected chi connectivity index (χ4v) is 1.21. The quantitative estimate of drug-likeness (QED) is 0.661. The highest BCUT2D eigenvalue weighted by Crippen LogP contribution is 1.97. The minimum absolute atomic E-state index is 0.0936. The molecule has 16 heavy (non-hydrogen) atoms.